The van der Waals surface area contributed by atoms with E-state index in [2.05, 4.69) is 42.0 Å². The fourth-order valence-corrected chi connectivity index (χ4v) is 6.84. The molecule has 2 N–H and O–H groups in total. The number of carboxylic acid groups (broad SMARTS) is 1. The van der Waals surface area contributed by atoms with Gasteiger partial charge in [0.05, 0.1) is 28.4 Å². The maximum absolute atomic E-state index is 13.5. The van der Waals surface area contributed by atoms with Crippen molar-refractivity contribution in [2.75, 3.05) is 0 Å². The molecule has 1 amide bonds. The summed E-state index contributed by atoms with van der Waals surface area (Å²) in [7, 11) is 0. The number of aliphatic imine (C=N–C) groups is 1. The molecule has 1 atom stereocenters. The van der Waals surface area contributed by atoms with Crippen LogP contribution in [0, 0.1) is 11.3 Å². The van der Waals surface area contributed by atoms with Crippen LogP contribution in [0.3, 0.4) is 0 Å². The number of carboxylic acids is 1. The molecule has 7 nitrogen and oxygen atoms in total. The highest BCUT2D eigenvalue weighted by molar-refractivity contribution is 9.10. The monoisotopic (exact) mass is 648 g/mol. The Kier molecular flexibility index (Phi) is 8.99. The van der Waals surface area contributed by atoms with Gasteiger partial charge in [0.1, 0.15) is 23.1 Å². The molecule has 0 fully saturated rings. The van der Waals surface area contributed by atoms with E-state index in [1.807, 2.05) is 30.3 Å². The molecule has 1 aliphatic rings. The number of thiophene rings is 1. The minimum atomic E-state index is -0.957. The van der Waals surface area contributed by atoms with Gasteiger partial charge in [-0.1, -0.05) is 32.9 Å². The zero-order valence-electron chi connectivity index (χ0n) is 23.8. The second-order valence-corrected chi connectivity index (χ2v) is 13.4. The molecular weight excluding hydrogens is 616 g/mol. The number of amides is 1. The van der Waals surface area contributed by atoms with Crippen LogP contribution in [-0.4, -0.2) is 23.2 Å². The van der Waals surface area contributed by atoms with E-state index < -0.39 is 5.97 Å². The smallest absolute Gasteiger partial charge is 0.335 e. The molecule has 1 aliphatic carbocycles. The standard InChI is InChI=1S/C33H33BrN2O5S/c1-33(2,3)23-11-12-25-28(16-23)42-31(29(25)30(37)35-18-24-5-4-14-40-24)36-17-21-8-13-27(26(34)15-21)41-19-20-6-9-22(10-7-20)32(38)39/h4-10,13-15,17,23H,11-12,16,18-19H2,1-3H3,(H,35,37)(H,38,39)/t23-/m1/s1. The lowest BCUT2D eigenvalue weighted by Crippen LogP contribution is -2.28. The number of hydrogen-bond donors (Lipinski definition) is 2. The number of nitrogens with zero attached hydrogens (tertiary/aromatic N) is 1. The van der Waals surface area contributed by atoms with Crippen LogP contribution in [0.5, 0.6) is 5.75 Å². The first-order valence-electron chi connectivity index (χ1n) is 13.8. The summed E-state index contributed by atoms with van der Waals surface area (Å²) in [5, 5.41) is 12.8. The average molecular weight is 650 g/mol. The molecule has 9 heteroatoms. The van der Waals surface area contributed by atoms with Crippen molar-refractivity contribution in [3.8, 4) is 5.75 Å². The van der Waals surface area contributed by atoms with Crippen LogP contribution in [0.25, 0.3) is 0 Å². The zero-order valence-corrected chi connectivity index (χ0v) is 26.2. The number of ether oxygens (including phenoxy) is 1. The Morgan fingerprint density at radius 2 is 1.98 bits per heavy atom. The quantitative estimate of drug-likeness (QED) is 0.178. The Balaban J connectivity index is 1.33. The SMILES string of the molecule is CC(C)(C)[C@@H]1CCc2c(sc(N=Cc3ccc(OCc4ccc(C(=O)O)cc4)c(Br)c3)c2C(=O)NCc2ccco2)C1. The van der Waals surface area contributed by atoms with Crippen molar-refractivity contribution < 1.29 is 23.8 Å². The van der Waals surface area contributed by atoms with E-state index in [1.54, 1.807) is 48.1 Å². The van der Waals surface area contributed by atoms with Gasteiger partial charge in [0.15, 0.2) is 0 Å². The summed E-state index contributed by atoms with van der Waals surface area (Å²) in [6.07, 6.45) is 6.24. The summed E-state index contributed by atoms with van der Waals surface area (Å²) in [6.45, 7) is 7.48. The summed E-state index contributed by atoms with van der Waals surface area (Å²) in [5.41, 5.74) is 3.95. The molecule has 42 heavy (non-hydrogen) atoms. The van der Waals surface area contributed by atoms with Crippen molar-refractivity contribution in [2.45, 2.75) is 53.2 Å². The summed E-state index contributed by atoms with van der Waals surface area (Å²) >= 11 is 5.20. The van der Waals surface area contributed by atoms with Crippen molar-refractivity contribution in [3.63, 3.8) is 0 Å². The number of halogens is 1. The molecule has 2 heterocycles. The van der Waals surface area contributed by atoms with Crippen LogP contribution in [-0.2, 0) is 26.0 Å². The van der Waals surface area contributed by atoms with Crippen molar-refractivity contribution in [1.29, 1.82) is 0 Å². The van der Waals surface area contributed by atoms with Gasteiger partial charge in [0, 0.05) is 11.1 Å². The maximum Gasteiger partial charge on any atom is 0.335 e. The Morgan fingerprint density at radius 3 is 2.64 bits per heavy atom. The van der Waals surface area contributed by atoms with E-state index >= 15 is 0 Å². The minimum Gasteiger partial charge on any atom is -0.488 e. The highest BCUT2D eigenvalue weighted by atomic mass is 79.9. The number of carbonyl (C=O) groups is 2. The predicted octanol–water partition coefficient (Wildman–Crippen LogP) is 8.21. The molecular formula is C33H33BrN2O5S. The number of fused-ring (bicyclic) bond motifs is 1. The molecule has 2 aromatic carbocycles. The molecule has 218 valence electrons. The Bertz CT molecular complexity index is 1600. The minimum absolute atomic E-state index is 0.133. The lowest BCUT2D eigenvalue weighted by molar-refractivity contribution is 0.0696. The van der Waals surface area contributed by atoms with E-state index in [1.165, 1.54) is 4.88 Å². The molecule has 0 spiro atoms. The third-order valence-corrected chi connectivity index (χ3v) is 9.37. The highest BCUT2D eigenvalue weighted by Crippen LogP contribution is 2.45. The number of rotatable bonds is 9. The van der Waals surface area contributed by atoms with Gasteiger partial charge in [-0.2, -0.15) is 0 Å². The summed E-state index contributed by atoms with van der Waals surface area (Å²) in [4.78, 5) is 30.6. The zero-order chi connectivity index (χ0) is 29.9. The molecule has 2 aromatic heterocycles. The number of hydrogen-bond acceptors (Lipinski definition) is 6. The van der Waals surface area contributed by atoms with Crippen LogP contribution in [0.15, 0.2) is 74.7 Å². The second-order valence-electron chi connectivity index (χ2n) is 11.5. The fraction of sp³-hybridized carbons (Fsp3) is 0.303. The third-order valence-electron chi connectivity index (χ3n) is 7.58. The van der Waals surface area contributed by atoms with Gasteiger partial charge in [-0.05, 0) is 106 Å². The number of nitrogens with one attached hydrogen (secondary N) is 1. The van der Waals surface area contributed by atoms with Crippen molar-refractivity contribution in [3.05, 3.63) is 104 Å². The largest absolute Gasteiger partial charge is 0.488 e. The first-order chi connectivity index (χ1) is 20.1. The average Bonchev–Trinajstić information content (AvgIpc) is 3.61. The topological polar surface area (TPSA) is 101 Å². The van der Waals surface area contributed by atoms with E-state index in [0.29, 0.717) is 41.1 Å². The number of carbonyl (C=O) groups excluding carboxylic acids is 1. The van der Waals surface area contributed by atoms with Crippen LogP contribution < -0.4 is 10.1 Å². The highest BCUT2D eigenvalue weighted by Gasteiger charge is 2.33. The predicted molar refractivity (Wildman–Crippen MR) is 168 cm³/mol. The van der Waals surface area contributed by atoms with Gasteiger partial charge in [0.25, 0.3) is 5.91 Å². The van der Waals surface area contributed by atoms with Crippen molar-refractivity contribution >= 4 is 50.4 Å². The van der Waals surface area contributed by atoms with Gasteiger partial charge in [0.2, 0.25) is 0 Å². The summed E-state index contributed by atoms with van der Waals surface area (Å²) in [6, 6.07) is 16.0. The lowest BCUT2D eigenvalue weighted by atomic mass is 9.72. The maximum atomic E-state index is 13.5. The van der Waals surface area contributed by atoms with Gasteiger partial charge >= 0.3 is 5.97 Å². The van der Waals surface area contributed by atoms with Crippen molar-refractivity contribution in [1.82, 2.24) is 5.32 Å². The Morgan fingerprint density at radius 1 is 1.19 bits per heavy atom. The fourth-order valence-electron chi connectivity index (χ4n) is 5.06. The van der Waals surface area contributed by atoms with Gasteiger partial charge in [-0.15, -0.1) is 11.3 Å². The molecule has 0 saturated carbocycles. The normalized spacial score (nSPS) is 15.0. The number of aromatic carboxylic acids is 1. The summed E-state index contributed by atoms with van der Waals surface area (Å²) < 4.78 is 12.1. The molecule has 0 aliphatic heterocycles. The molecule has 0 unspecified atom stereocenters. The van der Waals surface area contributed by atoms with E-state index in [4.69, 9.17) is 19.3 Å². The van der Waals surface area contributed by atoms with E-state index in [-0.39, 0.29) is 16.9 Å². The van der Waals surface area contributed by atoms with E-state index in [0.717, 1.165) is 40.4 Å². The van der Waals surface area contributed by atoms with Gasteiger partial charge < -0.3 is 19.6 Å². The number of furan rings is 1. The van der Waals surface area contributed by atoms with Gasteiger partial charge in [-0.3, -0.25) is 4.79 Å². The van der Waals surface area contributed by atoms with Gasteiger partial charge in [-0.25, -0.2) is 9.79 Å². The molecule has 0 bridgehead atoms. The second kappa shape index (κ2) is 12.7. The Labute approximate surface area is 257 Å². The molecule has 5 rings (SSSR count). The molecule has 4 aromatic rings. The molecule has 0 radical (unpaired) electrons. The van der Waals surface area contributed by atoms with Crippen molar-refractivity contribution in [2.24, 2.45) is 16.3 Å². The first-order valence-corrected chi connectivity index (χ1v) is 15.4. The Hall–Kier alpha value is -3.69. The number of benzene rings is 2. The van der Waals surface area contributed by atoms with Crippen LogP contribution in [0.2, 0.25) is 0 Å². The van der Waals surface area contributed by atoms with Crippen LogP contribution >= 0.6 is 27.3 Å². The third kappa shape index (κ3) is 7.02. The van der Waals surface area contributed by atoms with Crippen LogP contribution in [0.4, 0.5) is 5.00 Å². The summed E-state index contributed by atoms with van der Waals surface area (Å²) in [5.74, 6) is 0.826. The lowest BCUT2D eigenvalue weighted by Gasteiger charge is -2.33. The first kappa shape index (κ1) is 29.8. The van der Waals surface area contributed by atoms with Crippen LogP contribution in [0.1, 0.15) is 75.2 Å². The molecule has 0 saturated heterocycles. The van der Waals surface area contributed by atoms with E-state index in [9.17, 15) is 9.59 Å².